The van der Waals surface area contributed by atoms with Crippen molar-refractivity contribution in [3.8, 4) is 11.5 Å². The molecule has 21 heavy (non-hydrogen) atoms. The van der Waals surface area contributed by atoms with E-state index in [1.807, 2.05) is 0 Å². The van der Waals surface area contributed by atoms with Crippen LogP contribution in [0.4, 0.5) is 0 Å². The largest absolute Gasteiger partial charge is 0.497 e. The summed E-state index contributed by atoms with van der Waals surface area (Å²) in [6.07, 6.45) is -8.13. The quantitative estimate of drug-likeness (QED) is 0.556. The number of carboxylic acids is 1. The second kappa shape index (κ2) is 6.27. The molecule has 4 N–H and O–H groups in total. The van der Waals surface area contributed by atoms with Crippen molar-refractivity contribution in [2.24, 2.45) is 0 Å². The summed E-state index contributed by atoms with van der Waals surface area (Å²) in [5, 5.41) is 37.9. The molecule has 8 heteroatoms. The topological polar surface area (TPSA) is 126 Å². The SMILES string of the molecule is COc1ccc(OC2OC(C(=O)O)C(O)C(O)C2O)cc1. The Morgan fingerprint density at radius 3 is 2.14 bits per heavy atom. The lowest BCUT2D eigenvalue weighted by molar-refractivity contribution is -0.271. The molecule has 1 aliphatic rings. The van der Waals surface area contributed by atoms with Gasteiger partial charge in [-0.25, -0.2) is 4.79 Å². The number of rotatable bonds is 4. The number of methoxy groups -OCH3 is 1. The molecule has 116 valence electrons. The minimum atomic E-state index is -1.74. The maximum atomic E-state index is 10.9. The number of ether oxygens (including phenoxy) is 3. The van der Waals surface area contributed by atoms with E-state index in [-0.39, 0.29) is 5.75 Å². The number of benzene rings is 1. The first-order valence-electron chi connectivity index (χ1n) is 6.17. The Balaban J connectivity index is 2.11. The van der Waals surface area contributed by atoms with Crippen molar-refractivity contribution >= 4 is 5.97 Å². The number of aliphatic hydroxyl groups excluding tert-OH is 3. The molecule has 1 saturated heterocycles. The Morgan fingerprint density at radius 1 is 1.05 bits per heavy atom. The van der Waals surface area contributed by atoms with Crippen molar-refractivity contribution in [2.45, 2.75) is 30.7 Å². The summed E-state index contributed by atoms with van der Waals surface area (Å²) in [5.41, 5.74) is 0. The molecule has 0 radical (unpaired) electrons. The number of carbonyl (C=O) groups is 1. The van der Waals surface area contributed by atoms with Gasteiger partial charge < -0.3 is 34.6 Å². The summed E-state index contributed by atoms with van der Waals surface area (Å²) < 4.78 is 15.3. The van der Waals surface area contributed by atoms with Crippen molar-refractivity contribution < 1.29 is 39.4 Å². The molecular weight excluding hydrogens is 284 g/mol. The highest BCUT2D eigenvalue weighted by molar-refractivity contribution is 5.73. The van der Waals surface area contributed by atoms with Crippen LogP contribution >= 0.6 is 0 Å². The van der Waals surface area contributed by atoms with Crippen LogP contribution in [0, 0.1) is 0 Å². The van der Waals surface area contributed by atoms with E-state index in [2.05, 4.69) is 0 Å². The van der Waals surface area contributed by atoms with Crippen LogP contribution in [0.2, 0.25) is 0 Å². The monoisotopic (exact) mass is 300 g/mol. The molecule has 2 rings (SSSR count). The van der Waals surface area contributed by atoms with Crippen molar-refractivity contribution in [3.05, 3.63) is 24.3 Å². The maximum absolute atomic E-state index is 10.9. The zero-order chi connectivity index (χ0) is 15.6. The first-order valence-corrected chi connectivity index (χ1v) is 6.17. The first kappa shape index (κ1) is 15.5. The Kier molecular flexibility index (Phi) is 4.63. The van der Waals surface area contributed by atoms with Gasteiger partial charge in [0, 0.05) is 0 Å². The molecule has 5 atom stereocenters. The highest BCUT2D eigenvalue weighted by atomic mass is 16.7. The van der Waals surface area contributed by atoms with Crippen LogP contribution in [0.15, 0.2) is 24.3 Å². The molecule has 5 unspecified atom stereocenters. The molecule has 0 aliphatic carbocycles. The molecule has 1 aromatic rings. The molecule has 0 saturated carbocycles. The number of aliphatic hydroxyl groups is 3. The van der Waals surface area contributed by atoms with Gasteiger partial charge in [0.1, 0.15) is 29.8 Å². The van der Waals surface area contributed by atoms with Crippen LogP contribution in [0.5, 0.6) is 11.5 Å². The average molecular weight is 300 g/mol. The molecule has 0 amide bonds. The van der Waals surface area contributed by atoms with Crippen molar-refractivity contribution in [1.29, 1.82) is 0 Å². The highest BCUT2D eigenvalue weighted by Gasteiger charge is 2.48. The Hall–Kier alpha value is -1.87. The third-order valence-corrected chi connectivity index (χ3v) is 3.12. The lowest BCUT2D eigenvalue weighted by atomic mass is 9.99. The van der Waals surface area contributed by atoms with E-state index in [9.17, 15) is 20.1 Å². The third-order valence-electron chi connectivity index (χ3n) is 3.12. The standard InChI is InChI=1S/C13H16O8/c1-19-6-2-4-7(5-3-6)20-13-10(16)8(14)9(15)11(21-13)12(17)18/h2-5,8-11,13-16H,1H3,(H,17,18). The Morgan fingerprint density at radius 2 is 1.62 bits per heavy atom. The van der Waals surface area contributed by atoms with Crippen LogP contribution < -0.4 is 9.47 Å². The lowest BCUT2D eigenvalue weighted by Crippen LogP contribution is -2.61. The molecule has 0 aromatic heterocycles. The molecule has 0 spiro atoms. The summed E-state index contributed by atoms with van der Waals surface area (Å²) in [6, 6.07) is 6.26. The second-order valence-electron chi connectivity index (χ2n) is 4.53. The van der Waals surface area contributed by atoms with Gasteiger partial charge in [0.15, 0.2) is 6.10 Å². The number of hydrogen-bond donors (Lipinski definition) is 4. The van der Waals surface area contributed by atoms with Crippen LogP contribution in [-0.4, -0.2) is 64.2 Å². The summed E-state index contributed by atoms with van der Waals surface area (Å²) >= 11 is 0. The molecule has 1 aromatic carbocycles. The molecule has 0 bridgehead atoms. The van der Waals surface area contributed by atoms with Gasteiger partial charge >= 0.3 is 5.97 Å². The van der Waals surface area contributed by atoms with Crippen LogP contribution in [-0.2, 0) is 9.53 Å². The second-order valence-corrected chi connectivity index (χ2v) is 4.53. The molecule has 1 fully saturated rings. The fourth-order valence-electron chi connectivity index (χ4n) is 1.94. The number of carboxylic acid groups (broad SMARTS) is 1. The van der Waals surface area contributed by atoms with Gasteiger partial charge in [0.05, 0.1) is 7.11 Å². The van der Waals surface area contributed by atoms with Gasteiger partial charge in [-0.2, -0.15) is 0 Å². The van der Waals surface area contributed by atoms with Gasteiger partial charge in [-0.15, -0.1) is 0 Å². The van der Waals surface area contributed by atoms with Crippen LogP contribution in [0.25, 0.3) is 0 Å². The fourth-order valence-corrected chi connectivity index (χ4v) is 1.94. The summed E-state index contributed by atoms with van der Waals surface area (Å²) in [5.74, 6) is -0.587. The van der Waals surface area contributed by atoms with E-state index in [1.165, 1.54) is 19.2 Å². The zero-order valence-electron chi connectivity index (χ0n) is 11.1. The summed E-state index contributed by atoms with van der Waals surface area (Å²) in [4.78, 5) is 10.9. The van der Waals surface area contributed by atoms with Gasteiger partial charge in [-0.05, 0) is 24.3 Å². The normalized spacial score (nSPS) is 32.5. The Bertz CT molecular complexity index is 487. The number of aliphatic carboxylic acids is 1. The van der Waals surface area contributed by atoms with Gasteiger partial charge in [-0.3, -0.25) is 0 Å². The lowest BCUT2D eigenvalue weighted by Gasteiger charge is -2.38. The number of hydrogen-bond acceptors (Lipinski definition) is 7. The minimum absolute atomic E-state index is 0.285. The van der Waals surface area contributed by atoms with Crippen molar-refractivity contribution in [2.75, 3.05) is 7.11 Å². The van der Waals surface area contributed by atoms with Gasteiger partial charge in [0.25, 0.3) is 0 Å². The van der Waals surface area contributed by atoms with Crippen molar-refractivity contribution in [3.63, 3.8) is 0 Å². The van der Waals surface area contributed by atoms with E-state index in [0.29, 0.717) is 5.75 Å². The predicted octanol–water partition coefficient (Wildman–Crippen LogP) is -1.03. The highest BCUT2D eigenvalue weighted by Crippen LogP contribution is 2.25. The predicted molar refractivity (Wildman–Crippen MR) is 67.9 cm³/mol. The molecule has 8 nitrogen and oxygen atoms in total. The smallest absolute Gasteiger partial charge is 0.335 e. The van der Waals surface area contributed by atoms with Crippen molar-refractivity contribution in [1.82, 2.24) is 0 Å². The fraction of sp³-hybridized carbons (Fsp3) is 0.462. The zero-order valence-corrected chi connectivity index (χ0v) is 11.1. The first-order chi connectivity index (χ1) is 9.93. The summed E-state index contributed by atoms with van der Waals surface area (Å²) in [7, 11) is 1.50. The van der Waals surface area contributed by atoms with E-state index >= 15 is 0 Å². The maximum Gasteiger partial charge on any atom is 0.335 e. The third kappa shape index (κ3) is 3.24. The summed E-state index contributed by atoms with van der Waals surface area (Å²) in [6.45, 7) is 0. The van der Waals surface area contributed by atoms with Crippen LogP contribution in [0.1, 0.15) is 0 Å². The molecular formula is C13H16O8. The van der Waals surface area contributed by atoms with Crippen LogP contribution in [0.3, 0.4) is 0 Å². The molecule has 1 aliphatic heterocycles. The van der Waals surface area contributed by atoms with Gasteiger partial charge in [0.2, 0.25) is 6.29 Å². The van der Waals surface area contributed by atoms with E-state index < -0.39 is 36.7 Å². The average Bonchev–Trinajstić information content (AvgIpc) is 2.48. The van der Waals surface area contributed by atoms with E-state index in [0.717, 1.165) is 0 Å². The Labute approximate surface area is 120 Å². The minimum Gasteiger partial charge on any atom is -0.497 e. The van der Waals surface area contributed by atoms with E-state index in [1.54, 1.807) is 12.1 Å². The van der Waals surface area contributed by atoms with E-state index in [4.69, 9.17) is 19.3 Å². The molecule has 1 heterocycles. The van der Waals surface area contributed by atoms with Gasteiger partial charge in [-0.1, -0.05) is 0 Å².